The number of aryl methyl sites for hydroxylation is 1. The average molecular weight is 426 g/mol. The van der Waals surface area contributed by atoms with Crippen LogP contribution in [0.2, 0.25) is 0 Å². The summed E-state index contributed by atoms with van der Waals surface area (Å²) in [6.45, 7) is 5.93. The van der Waals surface area contributed by atoms with Gasteiger partial charge >= 0.3 is 0 Å². The SMILES string of the molecule is COc1ccccc1CN1CCN(C(=O)C(N)c2ccc(C)cc2)CC1.Cl.Cl. The summed E-state index contributed by atoms with van der Waals surface area (Å²) in [6, 6.07) is 15.4. The van der Waals surface area contributed by atoms with Gasteiger partial charge in [0.2, 0.25) is 5.91 Å². The van der Waals surface area contributed by atoms with Gasteiger partial charge in [0.1, 0.15) is 11.8 Å². The van der Waals surface area contributed by atoms with Gasteiger partial charge in [-0.1, -0.05) is 48.0 Å². The second kappa shape index (κ2) is 11.3. The zero-order valence-electron chi connectivity index (χ0n) is 16.3. The Labute approximate surface area is 179 Å². The van der Waals surface area contributed by atoms with Crippen molar-refractivity contribution in [1.82, 2.24) is 9.80 Å². The molecular weight excluding hydrogens is 397 g/mol. The lowest BCUT2D eigenvalue weighted by molar-refractivity contribution is -0.134. The molecule has 0 aromatic heterocycles. The van der Waals surface area contributed by atoms with Crippen LogP contribution in [0.1, 0.15) is 22.7 Å². The van der Waals surface area contributed by atoms with Crippen molar-refractivity contribution in [2.24, 2.45) is 5.73 Å². The van der Waals surface area contributed by atoms with Gasteiger partial charge < -0.3 is 15.4 Å². The van der Waals surface area contributed by atoms with Gasteiger partial charge in [-0.05, 0) is 18.6 Å². The third kappa shape index (κ3) is 5.85. The first-order valence-corrected chi connectivity index (χ1v) is 9.03. The summed E-state index contributed by atoms with van der Waals surface area (Å²) in [6.07, 6.45) is 0. The van der Waals surface area contributed by atoms with E-state index in [0.29, 0.717) is 13.1 Å². The van der Waals surface area contributed by atoms with E-state index >= 15 is 0 Å². The number of piperazine rings is 1. The fourth-order valence-electron chi connectivity index (χ4n) is 3.31. The molecule has 0 aliphatic carbocycles. The Hall–Kier alpha value is -1.79. The van der Waals surface area contributed by atoms with Crippen LogP contribution in [0.5, 0.6) is 5.75 Å². The summed E-state index contributed by atoms with van der Waals surface area (Å²) in [4.78, 5) is 16.9. The topological polar surface area (TPSA) is 58.8 Å². The lowest BCUT2D eigenvalue weighted by Crippen LogP contribution is -2.50. The lowest BCUT2D eigenvalue weighted by Gasteiger charge is -2.36. The molecule has 2 aromatic carbocycles. The standard InChI is InChI=1S/C21H27N3O2.2ClH/c1-16-7-9-17(10-8-16)20(22)21(25)24-13-11-23(12-14-24)15-18-5-3-4-6-19(18)26-2;;/h3-10,20H,11-15,22H2,1-2H3;2*1H. The maximum Gasteiger partial charge on any atom is 0.244 e. The number of methoxy groups -OCH3 is 1. The maximum absolute atomic E-state index is 12.7. The molecule has 1 aliphatic rings. The predicted octanol–water partition coefficient (Wildman–Crippen LogP) is 3.19. The van der Waals surface area contributed by atoms with Crippen molar-refractivity contribution >= 4 is 30.7 Å². The van der Waals surface area contributed by atoms with E-state index in [0.717, 1.165) is 30.9 Å². The number of ether oxygens (including phenoxy) is 1. The minimum Gasteiger partial charge on any atom is -0.496 e. The van der Waals surface area contributed by atoms with E-state index < -0.39 is 6.04 Å². The molecule has 2 N–H and O–H groups in total. The molecule has 7 heteroatoms. The lowest BCUT2D eigenvalue weighted by atomic mass is 10.0. The van der Waals surface area contributed by atoms with Gasteiger partial charge in [-0.25, -0.2) is 0 Å². The number of carbonyl (C=O) groups is 1. The van der Waals surface area contributed by atoms with Crippen molar-refractivity contribution in [3.05, 3.63) is 65.2 Å². The Kier molecular flexibility index (Phi) is 9.76. The Morgan fingerprint density at radius 1 is 1.04 bits per heavy atom. The van der Waals surface area contributed by atoms with Gasteiger partial charge in [-0.3, -0.25) is 9.69 Å². The Morgan fingerprint density at radius 3 is 2.25 bits per heavy atom. The third-order valence-corrected chi connectivity index (χ3v) is 4.97. The highest BCUT2D eigenvalue weighted by Gasteiger charge is 2.26. The molecule has 154 valence electrons. The van der Waals surface area contributed by atoms with Crippen LogP contribution in [0.15, 0.2) is 48.5 Å². The summed E-state index contributed by atoms with van der Waals surface area (Å²) in [5.41, 5.74) is 9.40. The number of para-hydroxylation sites is 1. The summed E-state index contributed by atoms with van der Waals surface area (Å²) < 4.78 is 5.43. The van der Waals surface area contributed by atoms with Crippen LogP contribution >= 0.6 is 24.8 Å². The van der Waals surface area contributed by atoms with Gasteiger partial charge in [-0.2, -0.15) is 0 Å². The van der Waals surface area contributed by atoms with Gasteiger partial charge in [-0.15, -0.1) is 24.8 Å². The van der Waals surface area contributed by atoms with Gasteiger partial charge in [0.15, 0.2) is 0 Å². The molecule has 1 saturated heterocycles. The number of benzene rings is 2. The average Bonchev–Trinajstić information content (AvgIpc) is 2.68. The van der Waals surface area contributed by atoms with Crippen LogP contribution in [0.4, 0.5) is 0 Å². The van der Waals surface area contributed by atoms with Crippen LogP contribution < -0.4 is 10.5 Å². The number of hydrogen-bond acceptors (Lipinski definition) is 4. The molecule has 1 unspecified atom stereocenters. The summed E-state index contributed by atoms with van der Waals surface area (Å²) in [5.74, 6) is 0.915. The molecule has 1 atom stereocenters. The van der Waals surface area contributed by atoms with E-state index in [9.17, 15) is 4.79 Å². The van der Waals surface area contributed by atoms with E-state index in [4.69, 9.17) is 10.5 Å². The molecule has 2 aromatic rings. The zero-order chi connectivity index (χ0) is 18.5. The molecular formula is C21H29Cl2N3O2. The van der Waals surface area contributed by atoms with E-state index in [1.807, 2.05) is 54.3 Å². The van der Waals surface area contributed by atoms with Crippen molar-refractivity contribution in [3.63, 3.8) is 0 Å². The fraction of sp³-hybridized carbons (Fsp3) is 0.381. The number of rotatable bonds is 5. The molecule has 3 rings (SSSR count). The van der Waals surface area contributed by atoms with Gasteiger partial charge in [0, 0.05) is 38.3 Å². The molecule has 1 aliphatic heterocycles. The van der Waals surface area contributed by atoms with Crippen LogP contribution in [0.25, 0.3) is 0 Å². The van der Waals surface area contributed by atoms with E-state index in [2.05, 4.69) is 11.0 Å². The minimum atomic E-state index is -0.587. The highest BCUT2D eigenvalue weighted by atomic mass is 35.5. The molecule has 5 nitrogen and oxygen atoms in total. The van der Waals surface area contributed by atoms with Gasteiger partial charge in [0.25, 0.3) is 0 Å². The number of nitrogens with zero attached hydrogens (tertiary/aromatic N) is 2. The first-order valence-electron chi connectivity index (χ1n) is 9.03. The summed E-state index contributed by atoms with van der Waals surface area (Å²) >= 11 is 0. The number of amides is 1. The largest absolute Gasteiger partial charge is 0.496 e. The number of nitrogens with two attached hydrogens (primary N) is 1. The van der Waals surface area contributed by atoms with Crippen molar-refractivity contribution in [3.8, 4) is 5.75 Å². The highest BCUT2D eigenvalue weighted by Crippen LogP contribution is 2.21. The summed E-state index contributed by atoms with van der Waals surface area (Å²) in [7, 11) is 1.70. The van der Waals surface area contributed by atoms with E-state index in [-0.39, 0.29) is 30.7 Å². The Balaban J connectivity index is 0.00000196. The quantitative estimate of drug-likeness (QED) is 0.798. The van der Waals surface area contributed by atoms with Gasteiger partial charge in [0.05, 0.1) is 7.11 Å². The van der Waals surface area contributed by atoms with Crippen molar-refractivity contribution < 1.29 is 9.53 Å². The predicted molar refractivity (Wildman–Crippen MR) is 117 cm³/mol. The molecule has 0 radical (unpaired) electrons. The van der Waals surface area contributed by atoms with Crippen molar-refractivity contribution in [2.45, 2.75) is 19.5 Å². The molecule has 1 heterocycles. The minimum absolute atomic E-state index is 0. The molecule has 1 amide bonds. The molecule has 0 spiro atoms. The van der Waals surface area contributed by atoms with Crippen LogP contribution in [-0.2, 0) is 11.3 Å². The first kappa shape index (κ1) is 24.2. The molecule has 0 saturated carbocycles. The van der Waals surface area contributed by atoms with Crippen LogP contribution in [0, 0.1) is 6.92 Å². The molecule has 28 heavy (non-hydrogen) atoms. The zero-order valence-corrected chi connectivity index (χ0v) is 18.0. The van der Waals surface area contributed by atoms with Crippen LogP contribution in [0.3, 0.4) is 0 Å². The normalized spacial score (nSPS) is 15.2. The highest BCUT2D eigenvalue weighted by molar-refractivity contribution is 5.85. The number of hydrogen-bond donors (Lipinski definition) is 1. The van der Waals surface area contributed by atoms with Crippen LogP contribution in [-0.4, -0.2) is 49.0 Å². The Bertz CT molecular complexity index is 748. The molecule has 0 bridgehead atoms. The third-order valence-electron chi connectivity index (χ3n) is 4.97. The van der Waals surface area contributed by atoms with Crippen molar-refractivity contribution in [2.75, 3.05) is 33.3 Å². The first-order chi connectivity index (χ1) is 12.6. The summed E-state index contributed by atoms with van der Waals surface area (Å²) in [5, 5.41) is 0. The number of carbonyl (C=O) groups excluding carboxylic acids is 1. The smallest absolute Gasteiger partial charge is 0.244 e. The molecule has 1 fully saturated rings. The maximum atomic E-state index is 12.7. The van der Waals surface area contributed by atoms with E-state index in [1.54, 1.807) is 7.11 Å². The van der Waals surface area contributed by atoms with Crippen molar-refractivity contribution in [1.29, 1.82) is 0 Å². The monoisotopic (exact) mass is 425 g/mol. The second-order valence-corrected chi connectivity index (χ2v) is 6.80. The van der Waals surface area contributed by atoms with E-state index in [1.165, 1.54) is 11.1 Å². The fourth-order valence-corrected chi connectivity index (χ4v) is 3.31. The Morgan fingerprint density at radius 2 is 1.64 bits per heavy atom. The second-order valence-electron chi connectivity index (χ2n) is 6.80. The number of halogens is 2.